The molecule has 3 fully saturated rings. The smallest absolute Gasteiger partial charge is 0.0713 e. The van der Waals surface area contributed by atoms with E-state index in [1.54, 1.807) is 5.57 Å². The van der Waals surface area contributed by atoms with Crippen LogP contribution in [0.5, 0.6) is 0 Å². The molecule has 0 heterocycles. The molecule has 128 valence electrons. The first-order valence-corrected chi connectivity index (χ1v) is 10.4. The molecule has 1 unspecified atom stereocenters. The Labute approximate surface area is 149 Å². The van der Waals surface area contributed by atoms with E-state index in [-0.39, 0.29) is 15.8 Å². The van der Waals surface area contributed by atoms with Crippen LogP contribution in [0.3, 0.4) is 0 Å². The Kier molecular flexibility index (Phi) is 3.71. The summed E-state index contributed by atoms with van der Waals surface area (Å²) in [4.78, 5) is 0. The van der Waals surface area contributed by atoms with Gasteiger partial charge >= 0.3 is 0 Å². The van der Waals surface area contributed by atoms with Gasteiger partial charge in [0.05, 0.1) is 10.4 Å². The molecule has 2 heteroatoms. The van der Waals surface area contributed by atoms with Crippen LogP contribution in [0.1, 0.15) is 65.7 Å². The van der Waals surface area contributed by atoms with E-state index >= 15 is 0 Å². The van der Waals surface area contributed by atoms with Gasteiger partial charge in [-0.05, 0) is 61.7 Å². The lowest BCUT2D eigenvalue weighted by atomic mass is 9.46. The fourth-order valence-electron chi connectivity index (χ4n) is 7.12. The highest BCUT2D eigenvalue weighted by molar-refractivity contribution is 9.10. The van der Waals surface area contributed by atoms with Gasteiger partial charge in [-0.3, -0.25) is 0 Å². The zero-order valence-corrected chi connectivity index (χ0v) is 16.4. The zero-order chi connectivity index (χ0) is 16.5. The van der Waals surface area contributed by atoms with Crippen molar-refractivity contribution < 1.29 is 5.11 Å². The Bertz CT molecular complexity index is 566. The van der Waals surface area contributed by atoms with Crippen molar-refractivity contribution in [2.75, 3.05) is 0 Å². The molecule has 0 aromatic carbocycles. The average Bonchev–Trinajstić information content (AvgIpc) is 2.84. The van der Waals surface area contributed by atoms with Crippen LogP contribution >= 0.6 is 15.9 Å². The van der Waals surface area contributed by atoms with Gasteiger partial charge in [-0.1, -0.05) is 66.9 Å². The lowest BCUT2D eigenvalue weighted by Gasteiger charge is -2.64. The number of hydrogen-bond donors (Lipinski definition) is 1. The minimum absolute atomic E-state index is 0.0147. The van der Waals surface area contributed by atoms with Crippen molar-refractivity contribution in [1.29, 1.82) is 0 Å². The first-order chi connectivity index (χ1) is 10.9. The van der Waals surface area contributed by atoms with Crippen LogP contribution in [0.25, 0.3) is 0 Å². The van der Waals surface area contributed by atoms with Crippen LogP contribution in [-0.2, 0) is 0 Å². The molecule has 0 spiro atoms. The summed E-state index contributed by atoms with van der Waals surface area (Å²) in [5, 5.41) is 11.4. The number of halogens is 1. The zero-order valence-electron chi connectivity index (χ0n) is 14.8. The Morgan fingerprint density at radius 1 is 1.22 bits per heavy atom. The molecule has 7 atom stereocenters. The fraction of sp³-hybridized carbons (Fsp3) is 0.810. The monoisotopic (exact) mass is 378 g/mol. The number of allylic oxidation sites excluding steroid dienone is 4. The molecule has 4 rings (SSSR count). The first-order valence-electron chi connectivity index (χ1n) is 9.62. The standard InChI is InChI=1S/C21H31BrO/c1-4-14-8-10-16-17-11-9-15-7-5-6-12-20(15,3)21(17,22)18(23)13-19(14,16)2/h6-7,12,14,16-18,23H,4-5,8-11,13H2,1-3H3/t14-,16-,17-,18?,19+,20-,21-/m0/s1. The molecule has 3 saturated carbocycles. The summed E-state index contributed by atoms with van der Waals surface area (Å²) < 4.78 is -0.173. The number of fused-ring (bicyclic) bond motifs is 5. The molecular formula is C21H31BrO. The second-order valence-electron chi connectivity index (χ2n) is 9.00. The van der Waals surface area contributed by atoms with E-state index in [9.17, 15) is 5.11 Å². The highest BCUT2D eigenvalue weighted by Crippen LogP contribution is 2.70. The van der Waals surface area contributed by atoms with Crippen molar-refractivity contribution in [1.82, 2.24) is 0 Å². The molecule has 0 radical (unpaired) electrons. The molecule has 1 N–H and O–H groups in total. The van der Waals surface area contributed by atoms with Crippen LogP contribution in [-0.4, -0.2) is 15.5 Å². The number of rotatable bonds is 1. The highest BCUT2D eigenvalue weighted by Gasteiger charge is 2.67. The fourth-order valence-corrected chi connectivity index (χ4v) is 8.22. The van der Waals surface area contributed by atoms with Crippen molar-refractivity contribution in [3.8, 4) is 0 Å². The minimum atomic E-state index is -0.252. The molecular weight excluding hydrogens is 348 g/mol. The van der Waals surface area contributed by atoms with Gasteiger partial charge in [0.1, 0.15) is 0 Å². The third-order valence-corrected chi connectivity index (χ3v) is 10.3. The van der Waals surface area contributed by atoms with Crippen LogP contribution < -0.4 is 0 Å². The normalized spacial score (nSPS) is 54.9. The Balaban J connectivity index is 1.80. The van der Waals surface area contributed by atoms with Gasteiger partial charge in [0.15, 0.2) is 0 Å². The van der Waals surface area contributed by atoms with Crippen molar-refractivity contribution in [2.45, 2.75) is 76.1 Å². The molecule has 0 aromatic rings. The van der Waals surface area contributed by atoms with Gasteiger partial charge in [0.2, 0.25) is 0 Å². The largest absolute Gasteiger partial charge is 0.392 e. The lowest BCUT2D eigenvalue weighted by Crippen LogP contribution is -2.65. The summed E-state index contributed by atoms with van der Waals surface area (Å²) in [7, 11) is 0. The summed E-state index contributed by atoms with van der Waals surface area (Å²) in [5.74, 6) is 2.16. The molecule has 0 amide bonds. The third kappa shape index (κ3) is 1.89. The lowest BCUT2D eigenvalue weighted by molar-refractivity contribution is -0.0917. The van der Waals surface area contributed by atoms with Gasteiger partial charge < -0.3 is 5.11 Å². The Morgan fingerprint density at radius 3 is 2.74 bits per heavy atom. The van der Waals surface area contributed by atoms with E-state index < -0.39 is 0 Å². The molecule has 0 bridgehead atoms. The van der Waals surface area contributed by atoms with E-state index in [0.29, 0.717) is 11.3 Å². The second kappa shape index (κ2) is 5.21. The maximum atomic E-state index is 11.4. The van der Waals surface area contributed by atoms with Crippen molar-refractivity contribution in [3.63, 3.8) is 0 Å². The van der Waals surface area contributed by atoms with Gasteiger partial charge in [0.25, 0.3) is 0 Å². The van der Waals surface area contributed by atoms with E-state index in [0.717, 1.165) is 24.7 Å². The van der Waals surface area contributed by atoms with E-state index in [1.807, 2.05) is 0 Å². The molecule has 23 heavy (non-hydrogen) atoms. The molecule has 4 aliphatic rings. The Hall–Kier alpha value is -0.0800. The predicted octanol–water partition coefficient (Wildman–Crippen LogP) is 5.63. The summed E-state index contributed by atoms with van der Waals surface area (Å²) in [6, 6.07) is 0. The SMILES string of the molecule is CC[C@H]1CC[C@H]2[C@@H]3CCC4=CCC=C[C@]4(C)[C@@]3(Br)C(O)C[C@]12C. The maximum Gasteiger partial charge on any atom is 0.0713 e. The van der Waals surface area contributed by atoms with Gasteiger partial charge in [-0.25, -0.2) is 0 Å². The van der Waals surface area contributed by atoms with Crippen molar-refractivity contribution in [3.05, 3.63) is 23.8 Å². The van der Waals surface area contributed by atoms with Gasteiger partial charge in [-0.2, -0.15) is 0 Å². The molecule has 0 aromatic heterocycles. The van der Waals surface area contributed by atoms with Gasteiger partial charge in [0, 0.05) is 5.41 Å². The summed E-state index contributed by atoms with van der Waals surface area (Å²) >= 11 is 4.20. The highest BCUT2D eigenvalue weighted by atomic mass is 79.9. The second-order valence-corrected chi connectivity index (χ2v) is 10.3. The van der Waals surface area contributed by atoms with Crippen molar-refractivity contribution >= 4 is 15.9 Å². The Morgan fingerprint density at radius 2 is 2.00 bits per heavy atom. The quantitative estimate of drug-likeness (QED) is 0.462. The third-order valence-electron chi connectivity index (χ3n) is 8.38. The van der Waals surface area contributed by atoms with Crippen LogP contribution in [0, 0.1) is 28.6 Å². The van der Waals surface area contributed by atoms with E-state index in [2.05, 4.69) is 54.9 Å². The van der Waals surface area contributed by atoms with Crippen molar-refractivity contribution in [2.24, 2.45) is 28.6 Å². The number of aliphatic hydroxyl groups is 1. The average molecular weight is 379 g/mol. The van der Waals surface area contributed by atoms with Gasteiger partial charge in [-0.15, -0.1) is 0 Å². The summed E-state index contributed by atoms with van der Waals surface area (Å²) in [5.41, 5.74) is 1.88. The number of hydrogen-bond acceptors (Lipinski definition) is 1. The van der Waals surface area contributed by atoms with E-state index in [4.69, 9.17) is 0 Å². The topological polar surface area (TPSA) is 20.2 Å². The predicted molar refractivity (Wildman–Crippen MR) is 99.6 cm³/mol. The first kappa shape index (κ1) is 16.4. The maximum absolute atomic E-state index is 11.4. The van der Waals surface area contributed by atoms with Crippen LogP contribution in [0.15, 0.2) is 23.8 Å². The number of aliphatic hydroxyl groups excluding tert-OH is 1. The summed E-state index contributed by atoms with van der Waals surface area (Å²) in [6.07, 6.45) is 15.4. The van der Waals surface area contributed by atoms with E-state index in [1.165, 1.54) is 32.1 Å². The molecule has 1 nitrogen and oxygen atoms in total. The minimum Gasteiger partial charge on any atom is -0.392 e. The molecule has 4 aliphatic carbocycles. The molecule has 0 saturated heterocycles. The molecule has 0 aliphatic heterocycles. The summed E-state index contributed by atoms with van der Waals surface area (Å²) in [6.45, 7) is 7.19. The van der Waals surface area contributed by atoms with Crippen LogP contribution in [0.2, 0.25) is 0 Å². The van der Waals surface area contributed by atoms with Crippen LogP contribution in [0.4, 0.5) is 0 Å². The number of alkyl halides is 1.